The molecular formula is C10H12N8OS. The summed E-state index contributed by atoms with van der Waals surface area (Å²) in [6, 6.07) is -0.254. The third kappa shape index (κ3) is 2.03. The van der Waals surface area contributed by atoms with Gasteiger partial charge in [-0.2, -0.15) is 0 Å². The molecule has 3 N–H and O–H groups in total. The van der Waals surface area contributed by atoms with Crippen molar-refractivity contribution >= 4 is 28.7 Å². The summed E-state index contributed by atoms with van der Waals surface area (Å²) in [5, 5.41) is 13.0. The fourth-order valence-corrected chi connectivity index (χ4v) is 3.75. The number of azide groups is 1. The van der Waals surface area contributed by atoms with Crippen LogP contribution in [0.2, 0.25) is 0 Å². The summed E-state index contributed by atoms with van der Waals surface area (Å²) in [7, 11) is 0. The molecule has 0 saturated carbocycles. The topological polar surface area (TPSA) is 139 Å². The monoisotopic (exact) mass is 292 g/mol. The largest absolute Gasteiger partial charge is 0.395 e. The summed E-state index contributed by atoms with van der Waals surface area (Å²) in [5.41, 5.74) is 15.6. The van der Waals surface area contributed by atoms with E-state index in [0.29, 0.717) is 23.4 Å². The van der Waals surface area contributed by atoms with Gasteiger partial charge in [0.25, 0.3) is 0 Å². The molecule has 2 aromatic rings. The molecule has 1 aliphatic rings. The van der Waals surface area contributed by atoms with Crippen molar-refractivity contribution in [3.05, 3.63) is 23.1 Å². The van der Waals surface area contributed by atoms with Gasteiger partial charge in [-0.05, 0) is 12.0 Å². The Hall–Kier alpha value is -2.03. The summed E-state index contributed by atoms with van der Waals surface area (Å²) >= 11 is 1.54. The number of aromatic nitrogens is 4. The molecule has 0 spiro atoms. The van der Waals surface area contributed by atoms with Crippen LogP contribution in [0.5, 0.6) is 0 Å². The molecular weight excluding hydrogens is 280 g/mol. The van der Waals surface area contributed by atoms with E-state index in [1.54, 1.807) is 18.1 Å². The van der Waals surface area contributed by atoms with Crippen LogP contribution >= 0.6 is 11.8 Å². The molecule has 3 atom stereocenters. The Bertz CT molecular complexity index is 681. The third-order valence-corrected chi connectivity index (χ3v) is 4.78. The predicted octanol–water partition coefficient (Wildman–Crippen LogP) is 1.08. The normalized spacial score (nSPS) is 25.8. The van der Waals surface area contributed by atoms with E-state index in [4.69, 9.17) is 11.3 Å². The highest BCUT2D eigenvalue weighted by molar-refractivity contribution is 8.00. The lowest BCUT2D eigenvalue weighted by atomic mass is 10.2. The summed E-state index contributed by atoms with van der Waals surface area (Å²) in [5.74, 6) is 0.316. The lowest BCUT2D eigenvalue weighted by Gasteiger charge is -2.16. The summed E-state index contributed by atoms with van der Waals surface area (Å²) in [6.45, 7) is 0.0440. The summed E-state index contributed by atoms with van der Waals surface area (Å²) in [4.78, 5) is 15.2. The van der Waals surface area contributed by atoms with E-state index in [9.17, 15) is 5.11 Å². The zero-order valence-corrected chi connectivity index (χ0v) is 11.2. The summed E-state index contributed by atoms with van der Waals surface area (Å²) in [6.07, 6.45) is 3.62. The highest BCUT2D eigenvalue weighted by Gasteiger charge is 2.36. The van der Waals surface area contributed by atoms with Gasteiger partial charge in [0.15, 0.2) is 11.5 Å². The van der Waals surface area contributed by atoms with E-state index in [1.165, 1.54) is 6.33 Å². The highest BCUT2D eigenvalue weighted by Crippen LogP contribution is 2.44. The van der Waals surface area contributed by atoms with Crippen LogP contribution in [0.15, 0.2) is 17.8 Å². The second-order valence-corrected chi connectivity index (χ2v) is 5.84. The fraction of sp³-hybridized carbons (Fsp3) is 0.500. The number of nitrogens with two attached hydrogens (primary N) is 1. The molecule has 3 rings (SSSR count). The maximum Gasteiger partial charge on any atom is 0.166 e. The fourth-order valence-electron chi connectivity index (χ4n) is 2.32. The Balaban J connectivity index is 2.05. The quantitative estimate of drug-likeness (QED) is 0.493. The number of fused-ring (bicyclic) bond motifs is 1. The van der Waals surface area contributed by atoms with Gasteiger partial charge in [-0.3, -0.25) is 0 Å². The van der Waals surface area contributed by atoms with Crippen LogP contribution in [0.4, 0.5) is 5.82 Å². The predicted molar refractivity (Wildman–Crippen MR) is 74.8 cm³/mol. The first-order valence-electron chi connectivity index (χ1n) is 5.98. The number of aliphatic hydroxyl groups is 1. The molecule has 2 aromatic heterocycles. The van der Waals surface area contributed by atoms with E-state index in [2.05, 4.69) is 25.0 Å². The van der Waals surface area contributed by atoms with E-state index < -0.39 is 0 Å². The van der Waals surface area contributed by atoms with Gasteiger partial charge in [0.05, 0.1) is 24.3 Å². The number of aliphatic hydroxyl groups excluding tert-OH is 1. The molecule has 1 aliphatic heterocycles. The van der Waals surface area contributed by atoms with Gasteiger partial charge in [-0.25, -0.2) is 15.0 Å². The van der Waals surface area contributed by atoms with Gasteiger partial charge in [0.2, 0.25) is 0 Å². The molecule has 0 aliphatic carbocycles. The van der Waals surface area contributed by atoms with Crippen molar-refractivity contribution < 1.29 is 5.11 Å². The molecule has 20 heavy (non-hydrogen) atoms. The number of hydrogen-bond acceptors (Lipinski definition) is 7. The molecule has 104 valence electrons. The van der Waals surface area contributed by atoms with Crippen LogP contribution < -0.4 is 5.73 Å². The Kier molecular flexibility index (Phi) is 3.35. The maximum absolute atomic E-state index is 9.30. The minimum absolute atomic E-state index is 0.0344. The number of thioether (sulfide) groups is 1. The van der Waals surface area contributed by atoms with E-state index in [-0.39, 0.29) is 23.3 Å². The molecule has 0 unspecified atom stereocenters. The Morgan fingerprint density at radius 1 is 1.55 bits per heavy atom. The third-order valence-electron chi connectivity index (χ3n) is 3.23. The molecule has 9 nitrogen and oxygen atoms in total. The van der Waals surface area contributed by atoms with Crippen LogP contribution in [0.25, 0.3) is 21.6 Å². The van der Waals surface area contributed by atoms with Gasteiger partial charge >= 0.3 is 0 Å². The maximum atomic E-state index is 9.30. The molecule has 3 heterocycles. The summed E-state index contributed by atoms with van der Waals surface area (Å²) < 4.78 is 1.83. The molecule has 10 heteroatoms. The first-order valence-corrected chi connectivity index (χ1v) is 6.92. The number of hydrogen-bond donors (Lipinski definition) is 2. The Morgan fingerprint density at radius 3 is 3.15 bits per heavy atom. The molecule has 0 radical (unpaired) electrons. The highest BCUT2D eigenvalue weighted by atomic mass is 32.2. The van der Waals surface area contributed by atoms with Gasteiger partial charge in [0, 0.05) is 10.2 Å². The van der Waals surface area contributed by atoms with Crippen molar-refractivity contribution in [3.63, 3.8) is 0 Å². The minimum Gasteiger partial charge on any atom is -0.395 e. The average molecular weight is 292 g/mol. The van der Waals surface area contributed by atoms with E-state index >= 15 is 0 Å². The zero-order chi connectivity index (χ0) is 14.1. The number of rotatable bonds is 3. The van der Waals surface area contributed by atoms with Gasteiger partial charge < -0.3 is 15.4 Å². The molecule has 0 aromatic carbocycles. The van der Waals surface area contributed by atoms with Crippen molar-refractivity contribution in [2.75, 3.05) is 12.3 Å². The van der Waals surface area contributed by atoms with Crippen LogP contribution in [0.1, 0.15) is 11.8 Å². The van der Waals surface area contributed by atoms with Crippen LogP contribution in [0.3, 0.4) is 0 Å². The number of imidazole rings is 1. The smallest absolute Gasteiger partial charge is 0.166 e. The van der Waals surface area contributed by atoms with Gasteiger partial charge in [0.1, 0.15) is 11.8 Å². The van der Waals surface area contributed by atoms with Gasteiger partial charge in [-0.15, -0.1) is 11.8 Å². The van der Waals surface area contributed by atoms with Crippen molar-refractivity contribution in [3.8, 4) is 0 Å². The molecule has 0 bridgehead atoms. The van der Waals surface area contributed by atoms with Crippen LogP contribution in [-0.2, 0) is 0 Å². The molecule has 1 fully saturated rings. The number of anilines is 1. The SMILES string of the molecule is [N-]=[N+]=N[C@H]1C[C@H](CO)S[C@@H]1n1cnc2c(N)ncnc21. The first kappa shape index (κ1) is 13.0. The zero-order valence-electron chi connectivity index (χ0n) is 10.4. The molecule has 0 amide bonds. The van der Waals surface area contributed by atoms with Crippen molar-refractivity contribution in [1.82, 2.24) is 19.5 Å². The van der Waals surface area contributed by atoms with Crippen LogP contribution in [-0.4, -0.2) is 42.5 Å². The lowest BCUT2D eigenvalue weighted by Crippen LogP contribution is -2.14. The van der Waals surface area contributed by atoms with Gasteiger partial charge in [-0.1, -0.05) is 5.11 Å². The van der Waals surface area contributed by atoms with E-state index in [0.717, 1.165) is 0 Å². The van der Waals surface area contributed by atoms with Crippen LogP contribution in [0, 0.1) is 0 Å². The number of nitrogen functional groups attached to an aromatic ring is 1. The van der Waals surface area contributed by atoms with Crippen molar-refractivity contribution in [2.24, 2.45) is 5.11 Å². The Morgan fingerprint density at radius 2 is 2.40 bits per heavy atom. The molecule has 1 saturated heterocycles. The second kappa shape index (κ2) is 5.16. The first-order chi connectivity index (χ1) is 9.74. The van der Waals surface area contributed by atoms with Crippen molar-refractivity contribution in [1.29, 1.82) is 0 Å². The lowest BCUT2D eigenvalue weighted by molar-refractivity contribution is 0.289. The Labute approximate surface area is 117 Å². The van der Waals surface area contributed by atoms with E-state index in [1.807, 2.05) is 4.57 Å². The standard InChI is InChI=1S/C10H12N8OS/c11-8-7-9(14-3-13-8)18(4-15-7)10-6(16-17-12)1-5(2-19)20-10/h3-6,10,19H,1-2H2,(H2,11,13,14)/t5-,6+,10+/m1/s1. The second-order valence-electron chi connectivity index (χ2n) is 4.42. The average Bonchev–Trinajstić information content (AvgIpc) is 3.03. The minimum atomic E-state index is -0.254. The number of nitrogens with zero attached hydrogens (tertiary/aromatic N) is 7. The van der Waals surface area contributed by atoms with Crippen molar-refractivity contribution in [2.45, 2.75) is 23.1 Å².